The van der Waals surface area contributed by atoms with Gasteiger partial charge in [-0.05, 0) is 44.0 Å². The van der Waals surface area contributed by atoms with Gasteiger partial charge in [0.1, 0.15) is 12.3 Å². The van der Waals surface area contributed by atoms with E-state index >= 15 is 0 Å². The van der Waals surface area contributed by atoms with Crippen molar-refractivity contribution in [3.8, 4) is 0 Å². The average Bonchev–Trinajstić information content (AvgIpc) is 3.49. The quantitative estimate of drug-likeness (QED) is 0.254. The number of aromatic amines is 1. The smallest absolute Gasteiger partial charge is 0.252 e. The number of anilines is 1. The molecule has 7 nitrogen and oxygen atoms in total. The lowest BCUT2D eigenvalue weighted by Crippen LogP contribution is -2.50. The van der Waals surface area contributed by atoms with Gasteiger partial charge in [0.2, 0.25) is 11.8 Å². The molecule has 0 aliphatic heterocycles. The highest BCUT2D eigenvalue weighted by molar-refractivity contribution is 6.05. The van der Waals surface area contributed by atoms with Crippen LogP contribution in [0.2, 0.25) is 0 Å². The van der Waals surface area contributed by atoms with Gasteiger partial charge in [0.05, 0.1) is 0 Å². The lowest BCUT2D eigenvalue weighted by molar-refractivity contribution is -0.127. The van der Waals surface area contributed by atoms with Gasteiger partial charge in [-0.1, -0.05) is 49.2 Å². The number of rotatable bonds is 12. The molecule has 4 N–H and O–H groups in total. The Morgan fingerprint density at radius 3 is 2.57 bits per heavy atom. The van der Waals surface area contributed by atoms with Crippen molar-refractivity contribution in [3.05, 3.63) is 66.6 Å². The van der Waals surface area contributed by atoms with Crippen LogP contribution in [0.1, 0.15) is 44.6 Å². The molecule has 2 aromatic heterocycles. The van der Waals surface area contributed by atoms with Gasteiger partial charge in [-0.25, -0.2) is 0 Å². The van der Waals surface area contributed by atoms with Crippen LogP contribution in [0.5, 0.6) is 0 Å². The number of furan rings is 1. The minimum atomic E-state index is -0.713. The molecule has 35 heavy (non-hydrogen) atoms. The summed E-state index contributed by atoms with van der Waals surface area (Å²) in [5, 5.41) is 5.88. The van der Waals surface area contributed by atoms with Crippen LogP contribution in [0.15, 0.2) is 65.4 Å². The Bertz CT molecular complexity index is 1280. The summed E-state index contributed by atoms with van der Waals surface area (Å²) in [5.41, 5.74) is 7.55. The average molecular weight is 475 g/mol. The van der Waals surface area contributed by atoms with Crippen molar-refractivity contribution in [2.75, 3.05) is 18.0 Å². The molecule has 1 unspecified atom stereocenters. The zero-order valence-corrected chi connectivity index (χ0v) is 20.3. The summed E-state index contributed by atoms with van der Waals surface area (Å²) in [5.74, 6) is 0.207. The Balaban J connectivity index is 1.57. The summed E-state index contributed by atoms with van der Waals surface area (Å²) in [7, 11) is 0. The van der Waals surface area contributed by atoms with Crippen LogP contribution < -0.4 is 16.0 Å². The predicted octanol–water partition coefficient (Wildman–Crippen LogP) is 4.90. The maximum atomic E-state index is 13.9. The van der Waals surface area contributed by atoms with Crippen molar-refractivity contribution in [2.24, 2.45) is 5.73 Å². The normalized spacial score (nSPS) is 12.2. The third-order valence-electron chi connectivity index (χ3n) is 6.41. The lowest BCUT2D eigenvalue weighted by atomic mass is 10.0. The van der Waals surface area contributed by atoms with Crippen LogP contribution in [0, 0.1) is 0 Å². The molecule has 2 aromatic carbocycles. The summed E-state index contributed by atoms with van der Waals surface area (Å²) in [4.78, 5) is 31.6. The fraction of sp³-hybridized carbons (Fsp3) is 0.357. The first-order chi connectivity index (χ1) is 17.1. The van der Waals surface area contributed by atoms with Gasteiger partial charge in [0.25, 0.3) is 5.91 Å². The van der Waals surface area contributed by atoms with Crippen molar-refractivity contribution >= 4 is 39.4 Å². The predicted molar refractivity (Wildman–Crippen MR) is 140 cm³/mol. The molecule has 0 fully saturated rings. The van der Waals surface area contributed by atoms with Crippen molar-refractivity contribution in [1.82, 2.24) is 10.3 Å². The maximum absolute atomic E-state index is 13.9. The molecular formula is C28H34N4O3. The van der Waals surface area contributed by atoms with E-state index in [1.807, 2.05) is 61.7 Å². The number of carbonyl (C=O) groups excluding carboxylic acids is 2. The van der Waals surface area contributed by atoms with E-state index in [9.17, 15) is 9.59 Å². The number of carbonyl (C=O) groups is 2. The first-order valence-corrected chi connectivity index (χ1v) is 12.4. The Hall–Kier alpha value is -3.58. The molecule has 0 saturated heterocycles. The molecule has 7 heteroatoms. The van der Waals surface area contributed by atoms with E-state index in [4.69, 9.17) is 10.2 Å². The summed E-state index contributed by atoms with van der Waals surface area (Å²) in [6.45, 7) is 3.01. The van der Waals surface area contributed by atoms with Crippen molar-refractivity contribution in [1.29, 1.82) is 0 Å². The molecule has 0 spiro atoms. The van der Waals surface area contributed by atoms with Crippen molar-refractivity contribution < 1.29 is 14.0 Å². The SMILES string of the molecule is CCN(C(=O)C(Cc1c[nH]c2ccccc12)NC(=O)CCCCCCN)c1occ2ccccc12. The first-order valence-electron chi connectivity index (χ1n) is 12.4. The third kappa shape index (κ3) is 5.74. The van der Waals surface area contributed by atoms with Gasteiger partial charge >= 0.3 is 0 Å². The number of H-pyrrole nitrogens is 1. The molecule has 2 heterocycles. The number of benzene rings is 2. The highest BCUT2D eigenvalue weighted by Crippen LogP contribution is 2.30. The number of nitrogens with two attached hydrogens (primary N) is 1. The maximum Gasteiger partial charge on any atom is 0.252 e. The van der Waals surface area contributed by atoms with E-state index in [-0.39, 0.29) is 11.8 Å². The van der Waals surface area contributed by atoms with Crippen LogP contribution in [-0.4, -0.2) is 35.9 Å². The highest BCUT2D eigenvalue weighted by Gasteiger charge is 2.29. The van der Waals surface area contributed by atoms with E-state index in [2.05, 4.69) is 10.3 Å². The molecule has 1 atom stereocenters. The second kappa shape index (κ2) is 11.7. The number of nitrogens with zero attached hydrogens (tertiary/aromatic N) is 1. The molecule has 0 bridgehead atoms. The monoisotopic (exact) mass is 474 g/mol. The molecule has 4 aromatic rings. The summed E-state index contributed by atoms with van der Waals surface area (Å²) in [6, 6.07) is 15.0. The summed E-state index contributed by atoms with van der Waals surface area (Å²) < 4.78 is 5.83. The van der Waals surface area contributed by atoms with Crippen LogP contribution in [0.4, 0.5) is 5.88 Å². The number of hydrogen-bond acceptors (Lipinski definition) is 4. The van der Waals surface area contributed by atoms with Gasteiger partial charge < -0.3 is 20.5 Å². The molecular weight excluding hydrogens is 440 g/mol. The van der Waals surface area contributed by atoms with Crippen LogP contribution in [0.25, 0.3) is 21.7 Å². The van der Waals surface area contributed by atoms with E-state index in [0.29, 0.717) is 31.8 Å². The Kier molecular flexibility index (Phi) is 8.21. The molecule has 4 rings (SSSR count). The molecule has 0 aliphatic rings. The van der Waals surface area contributed by atoms with Crippen LogP contribution >= 0.6 is 0 Å². The van der Waals surface area contributed by atoms with Gasteiger partial charge in [-0.2, -0.15) is 0 Å². The van der Waals surface area contributed by atoms with E-state index in [1.165, 1.54) is 0 Å². The first kappa shape index (κ1) is 24.5. The zero-order chi connectivity index (χ0) is 24.6. The minimum absolute atomic E-state index is 0.115. The second-order valence-corrected chi connectivity index (χ2v) is 8.85. The number of likely N-dealkylation sites (N-methyl/N-ethyl adjacent to an activating group) is 1. The fourth-order valence-corrected chi connectivity index (χ4v) is 4.54. The van der Waals surface area contributed by atoms with Gasteiger partial charge in [-0.3, -0.25) is 14.5 Å². The van der Waals surface area contributed by atoms with Crippen molar-refractivity contribution in [3.63, 3.8) is 0 Å². The second-order valence-electron chi connectivity index (χ2n) is 8.85. The lowest BCUT2D eigenvalue weighted by Gasteiger charge is -2.25. The van der Waals surface area contributed by atoms with Crippen LogP contribution in [0.3, 0.4) is 0 Å². The van der Waals surface area contributed by atoms with E-state index in [0.717, 1.165) is 52.9 Å². The Labute approximate surface area is 205 Å². The topological polar surface area (TPSA) is 104 Å². The van der Waals surface area contributed by atoms with Crippen molar-refractivity contribution in [2.45, 2.75) is 51.5 Å². The van der Waals surface area contributed by atoms with E-state index in [1.54, 1.807) is 11.2 Å². The largest absolute Gasteiger partial charge is 0.447 e. The number of fused-ring (bicyclic) bond motifs is 2. The minimum Gasteiger partial charge on any atom is -0.447 e. The Morgan fingerprint density at radius 2 is 1.77 bits per heavy atom. The number of aromatic nitrogens is 1. The number of hydrogen-bond donors (Lipinski definition) is 3. The highest BCUT2D eigenvalue weighted by atomic mass is 16.3. The molecule has 0 radical (unpaired) electrons. The molecule has 2 amide bonds. The van der Waals surface area contributed by atoms with Gasteiger partial charge in [0.15, 0.2) is 0 Å². The number of para-hydroxylation sites is 1. The Morgan fingerprint density at radius 1 is 1.03 bits per heavy atom. The fourth-order valence-electron chi connectivity index (χ4n) is 4.54. The zero-order valence-electron chi connectivity index (χ0n) is 20.3. The standard InChI is InChI=1S/C28H34N4O3/c1-2-32(28-23-13-7-6-11-20(23)19-35-28)27(34)25(31-26(33)15-5-3-4-10-16-29)17-21-18-30-24-14-9-8-12-22(21)24/h6-9,11-14,18-19,25,30H,2-5,10,15-17,29H2,1H3,(H,31,33). The molecule has 0 aliphatic carbocycles. The van der Waals surface area contributed by atoms with Crippen LogP contribution in [-0.2, 0) is 16.0 Å². The third-order valence-corrected chi connectivity index (χ3v) is 6.41. The summed E-state index contributed by atoms with van der Waals surface area (Å²) in [6.07, 6.45) is 8.06. The molecule has 184 valence electrons. The summed E-state index contributed by atoms with van der Waals surface area (Å²) >= 11 is 0. The van der Waals surface area contributed by atoms with E-state index < -0.39 is 6.04 Å². The molecule has 0 saturated carbocycles. The number of unbranched alkanes of at least 4 members (excludes halogenated alkanes) is 3. The van der Waals surface area contributed by atoms with Gasteiger partial charge in [-0.15, -0.1) is 0 Å². The number of nitrogens with one attached hydrogen (secondary N) is 2. The number of amides is 2. The van der Waals surface area contributed by atoms with Gasteiger partial charge in [0, 0.05) is 47.3 Å².